The topological polar surface area (TPSA) is 95.4 Å². The van der Waals surface area contributed by atoms with Crippen LogP contribution in [0.2, 0.25) is 0 Å². The fourth-order valence-corrected chi connectivity index (χ4v) is 0.290. The molecule has 0 atom stereocenters. The van der Waals surface area contributed by atoms with Crippen molar-refractivity contribution in [3.8, 4) is 0 Å². The van der Waals surface area contributed by atoms with E-state index in [1.54, 1.807) is 6.92 Å². The Labute approximate surface area is 83.4 Å². The van der Waals surface area contributed by atoms with Crippen LogP contribution in [0.25, 0.3) is 0 Å². The van der Waals surface area contributed by atoms with E-state index in [-0.39, 0.29) is 0 Å². The van der Waals surface area contributed by atoms with Crippen molar-refractivity contribution in [1.29, 1.82) is 0 Å². The summed E-state index contributed by atoms with van der Waals surface area (Å²) in [5.74, 6) is 0.0832. The van der Waals surface area contributed by atoms with Gasteiger partial charge < -0.3 is 16.2 Å². The third kappa shape index (κ3) is 12.9. The molecule has 0 bridgehead atoms. The van der Waals surface area contributed by atoms with E-state index in [0.717, 1.165) is 0 Å². The van der Waals surface area contributed by atoms with Gasteiger partial charge in [0, 0.05) is 12.0 Å². The average molecular weight is 200 g/mol. The number of allylic oxidation sites excluding steroid dienone is 1. The predicted molar refractivity (Wildman–Crippen MR) is 54.1 cm³/mol. The van der Waals surface area contributed by atoms with Crippen molar-refractivity contribution in [2.24, 2.45) is 11.5 Å². The van der Waals surface area contributed by atoms with Gasteiger partial charge in [-0.15, -0.1) is 0 Å². The minimum atomic E-state index is -0.833. The normalized spacial score (nSPS) is 7.86. The van der Waals surface area contributed by atoms with Crippen molar-refractivity contribution in [3.05, 3.63) is 24.5 Å². The highest BCUT2D eigenvalue weighted by Crippen LogP contribution is 2.02. The highest BCUT2D eigenvalue weighted by molar-refractivity contribution is 5.87. The molecule has 5 nitrogen and oxygen atoms in total. The number of carbonyl (C=O) groups excluding carboxylic acids is 2. The molecule has 0 aliphatic rings. The first-order valence-electron chi connectivity index (χ1n) is 3.91. The lowest BCUT2D eigenvalue weighted by atomic mass is 10.3. The van der Waals surface area contributed by atoms with E-state index in [9.17, 15) is 4.79 Å². The van der Waals surface area contributed by atoms with Crippen LogP contribution in [0.3, 0.4) is 0 Å². The fourth-order valence-electron chi connectivity index (χ4n) is 0.290. The van der Waals surface area contributed by atoms with Crippen LogP contribution in [0.15, 0.2) is 24.5 Å². The molecular formula is C9H16N2O3. The van der Waals surface area contributed by atoms with Crippen molar-refractivity contribution in [2.75, 3.05) is 0 Å². The van der Waals surface area contributed by atoms with Crippen LogP contribution in [0.4, 0.5) is 4.79 Å². The number of nitrogens with two attached hydrogens (primary N) is 2. The third-order valence-corrected chi connectivity index (χ3v) is 0.980. The quantitative estimate of drug-likeness (QED) is 0.405. The summed E-state index contributed by atoms with van der Waals surface area (Å²) in [6, 6.07) is -0.833. The summed E-state index contributed by atoms with van der Waals surface area (Å²) in [5.41, 5.74) is 8.90. The maximum atomic E-state index is 10.7. The molecule has 0 fully saturated rings. The van der Waals surface area contributed by atoms with Crippen LogP contribution in [-0.4, -0.2) is 12.0 Å². The number of hydrogen-bond acceptors (Lipinski definition) is 3. The van der Waals surface area contributed by atoms with Gasteiger partial charge in [-0.25, -0.2) is 9.59 Å². The fraction of sp³-hybridized carbons (Fsp3) is 0.333. The zero-order chi connectivity index (χ0) is 11.7. The molecule has 0 aromatic rings. The number of primary amides is 2. The van der Waals surface area contributed by atoms with Gasteiger partial charge in [0.05, 0.1) is 0 Å². The number of hydrogen-bond donors (Lipinski definition) is 2. The Morgan fingerprint density at radius 2 is 1.64 bits per heavy atom. The number of rotatable bonds is 3. The van der Waals surface area contributed by atoms with E-state index in [1.807, 2.05) is 6.92 Å². The lowest BCUT2D eigenvalue weighted by Gasteiger charge is -2.02. The number of carbonyl (C=O) groups is 2. The molecule has 0 aromatic heterocycles. The number of amides is 2. The van der Waals surface area contributed by atoms with Crippen molar-refractivity contribution in [2.45, 2.75) is 20.3 Å². The van der Waals surface area contributed by atoms with Gasteiger partial charge in [0.1, 0.15) is 5.76 Å². The zero-order valence-electron chi connectivity index (χ0n) is 8.50. The smallest absolute Gasteiger partial charge is 0.338 e. The standard InChI is InChI=1S/C8H12O2.CH4N2O/c1-5-7(4)10-8(9)6(2)3;2-1(3)4/h2,4-5H2,1,3H3;(H4,2,3,4). The van der Waals surface area contributed by atoms with Gasteiger partial charge in [-0.2, -0.15) is 0 Å². The monoisotopic (exact) mass is 200 g/mol. The minimum Gasteiger partial charge on any atom is -0.428 e. The molecule has 0 heterocycles. The predicted octanol–water partition coefficient (Wildman–Crippen LogP) is 1.05. The van der Waals surface area contributed by atoms with Crippen LogP contribution >= 0.6 is 0 Å². The van der Waals surface area contributed by atoms with Gasteiger partial charge >= 0.3 is 12.0 Å². The van der Waals surface area contributed by atoms with E-state index in [2.05, 4.69) is 24.6 Å². The maximum absolute atomic E-state index is 10.7. The van der Waals surface area contributed by atoms with Crippen molar-refractivity contribution in [1.82, 2.24) is 0 Å². The van der Waals surface area contributed by atoms with Crippen LogP contribution < -0.4 is 11.5 Å². The lowest BCUT2D eigenvalue weighted by molar-refractivity contribution is -0.135. The second kappa shape index (κ2) is 7.85. The van der Waals surface area contributed by atoms with Gasteiger partial charge in [-0.1, -0.05) is 20.1 Å². The molecule has 0 rings (SSSR count). The summed E-state index contributed by atoms with van der Waals surface area (Å²) in [6.07, 6.45) is 0.652. The minimum absolute atomic E-state index is 0.396. The van der Waals surface area contributed by atoms with E-state index < -0.39 is 12.0 Å². The largest absolute Gasteiger partial charge is 0.428 e. The van der Waals surface area contributed by atoms with Gasteiger partial charge in [-0.3, -0.25) is 0 Å². The molecule has 0 unspecified atom stereocenters. The van der Waals surface area contributed by atoms with Crippen molar-refractivity contribution >= 4 is 12.0 Å². The van der Waals surface area contributed by atoms with E-state index in [0.29, 0.717) is 17.8 Å². The van der Waals surface area contributed by atoms with Crippen LogP contribution in [-0.2, 0) is 9.53 Å². The molecule has 80 valence electrons. The van der Waals surface area contributed by atoms with Crippen LogP contribution in [0.1, 0.15) is 20.3 Å². The van der Waals surface area contributed by atoms with Crippen LogP contribution in [0, 0.1) is 0 Å². The zero-order valence-corrected chi connectivity index (χ0v) is 8.50. The second-order valence-corrected chi connectivity index (χ2v) is 2.46. The first kappa shape index (κ1) is 14.7. The third-order valence-electron chi connectivity index (χ3n) is 0.980. The lowest BCUT2D eigenvalue weighted by Crippen LogP contribution is -2.18. The summed E-state index contributed by atoms with van der Waals surface area (Å²) in [7, 11) is 0. The van der Waals surface area contributed by atoms with Gasteiger partial charge in [-0.05, 0) is 6.92 Å². The van der Waals surface area contributed by atoms with Crippen molar-refractivity contribution < 1.29 is 14.3 Å². The molecule has 2 amide bonds. The Morgan fingerprint density at radius 3 is 1.86 bits per heavy atom. The average Bonchev–Trinajstić information content (AvgIpc) is 2.02. The molecule has 0 spiro atoms. The summed E-state index contributed by atoms with van der Waals surface area (Å²) in [5, 5.41) is 0. The molecule has 4 N–H and O–H groups in total. The molecule has 0 aliphatic heterocycles. The maximum Gasteiger partial charge on any atom is 0.338 e. The number of urea groups is 1. The molecule has 0 aromatic carbocycles. The molecular weight excluding hydrogens is 184 g/mol. The van der Waals surface area contributed by atoms with Crippen molar-refractivity contribution in [3.63, 3.8) is 0 Å². The van der Waals surface area contributed by atoms with Gasteiger partial charge in [0.25, 0.3) is 0 Å². The Balaban J connectivity index is 0. The van der Waals surface area contributed by atoms with E-state index >= 15 is 0 Å². The highest BCUT2D eigenvalue weighted by atomic mass is 16.5. The first-order valence-corrected chi connectivity index (χ1v) is 3.91. The van der Waals surface area contributed by atoms with E-state index in [1.165, 1.54) is 0 Å². The Hall–Kier alpha value is -1.78. The highest BCUT2D eigenvalue weighted by Gasteiger charge is 2.03. The summed E-state index contributed by atoms with van der Waals surface area (Å²) >= 11 is 0. The Morgan fingerprint density at radius 1 is 1.29 bits per heavy atom. The summed E-state index contributed by atoms with van der Waals surface area (Å²) in [4.78, 5) is 19.7. The van der Waals surface area contributed by atoms with E-state index in [4.69, 9.17) is 9.53 Å². The molecule has 14 heavy (non-hydrogen) atoms. The number of ether oxygens (including phenoxy) is 1. The molecule has 0 aliphatic carbocycles. The second-order valence-electron chi connectivity index (χ2n) is 2.46. The summed E-state index contributed by atoms with van der Waals surface area (Å²) < 4.78 is 4.73. The SMILES string of the molecule is C=C(CC)OC(=O)C(=C)C.NC(N)=O. The Bertz CT molecular complexity index is 242. The Kier molecular flexibility index (Phi) is 8.26. The van der Waals surface area contributed by atoms with Gasteiger partial charge in [0.2, 0.25) is 0 Å². The van der Waals surface area contributed by atoms with Gasteiger partial charge in [0.15, 0.2) is 0 Å². The summed E-state index contributed by atoms with van der Waals surface area (Å²) in [6.45, 7) is 10.4. The molecule has 5 heteroatoms. The molecule has 0 radical (unpaired) electrons. The van der Waals surface area contributed by atoms with Crippen LogP contribution in [0.5, 0.6) is 0 Å². The number of esters is 1. The first-order chi connectivity index (χ1) is 6.31. The molecule has 0 saturated heterocycles. The molecule has 0 saturated carbocycles.